The molecule has 0 aliphatic carbocycles. The Morgan fingerprint density at radius 3 is 2.33 bits per heavy atom. The summed E-state index contributed by atoms with van der Waals surface area (Å²) in [5.41, 5.74) is 2.42. The van der Waals surface area contributed by atoms with E-state index in [4.69, 9.17) is 10.0 Å². The van der Waals surface area contributed by atoms with Crippen molar-refractivity contribution in [3.8, 4) is 0 Å². The van der Waals surface area contributed by atoms with Gasteiger partial charge in [0.05, 0.1) is 4.90 Å². The summed E-state index contributed by atoms with van der Waals surface area (Å²) in [6.07, 6.45) is 1.14. The zero-order valence-corrected chi connectivity index (χ0v) is 14.2. The van der Waals surface area contributed by atoms with Gasteiger partial charge in [-0.25, -0.2) is 5.84 Å². The molecule has 1 heterocycles. The maximum atomic E-state index is 12.5. The predicted octanol–water partition coefficient (Wildman–Crippen LogP) is 2.43. The van der Waals surface area contributed by atoms with E-state index in [-0.39, 0.29) is 10.3 Å². The molecule has 0 saturated heterocycles. The minimum Gasteiger partial charge on any atom is -0.302 e. The number of hydrogen-bond donors (Lipinski definition) is 1. The van der Waals surface area contributed by atoms with Gasteiger partial charge in [0, 0.05) is 6.20 Å². The highest BCUT2D eigenvalue weighted by molar-refractivity contribution is 8.03. The molecule has 1 aromatic carbocycles. The van der Waals surface area contributed by atoms with Gasteiger partial charge in [-0.3, -0.25) is 4.18 Å². The molecule has 0 spiro atoms. The first-order valence-electron chi connectivity index (χ1n) is 6.58. The van der Waals surface area contributed by atoms with Crippen molar-refractivity contribution in [1.82, 2.24) is 5.01 Å². The zero-order valence-electron chi connectivity index (χ0n) is 12.5. The Morgan fingerprint density at radius 1 is 1.29 bits per heavy atom. The molecule has 0 bridgehead atoms. The quantitative estimate of drug-likeness (QED) is 0.676. The highest BCUT2D eigenvalue weighted by Gasteiger charge is 2.31. The van der Waals surface area contributed by atoms with E-state index in [1.165, 1.54) is 16.8 Å². The number of thioether (sulfide) groups is 1. The van der Waals surface area contributed by atoms with Crippen LogP contribution in [0.5, 0.6) is 0 Å². The van der Waals surface area contributed by atoms with E-state index in [9.17, 15) is 8.42 Å². The summed E-state index contributed by atoms with van der Waals surface area (Å²) in [5, 5.41) is 3.03. The van der Waals surface area contributed by atoms with Crippen LogP contribution in [0.15, 0.2) is 28.6 Å². The Balaban J connectivity index is 2.27. The molecule has 0 amide bonds. The Bertz CT molecular complexity index is 648. The minimum absolute atomic E-state index is 0.245. The summed E-state index contributed by atoms with van der Waals surface area (Å²) in [5.74, 6) is 5.77. The second-order valence-electron chi connectivity index (χ2n) is 5.24. The van der Waals surface area contributed by atoms with E-state index >= 15 is 0 Å². The monoisotopic (exact) mass is 328 g/mol. The highest BCUT2D eigenvalue weighted by atomic mass is 32.2. The number of benzene rings is 1. The fourth-order valence-electron chi connectivity index (χ4n) is 2.55. The molecule has 0 aromatic heterocycles. The lowest BCUT2D eigenvalue weighted by Crippen LogP contribution is -2.40. The van der Waals surface area contributed by atoms with Crippen LogP contribution < -0.4 is 5.84 Å². The number of nitrogens with two attached hydrogens (primary N) is 1. The van der Waals surface area contributed by atoms with Gasteiger partial charge in [0.15, 0.2) is 0 Å². The van der Waals surface area contributed by atoms with Crippen LogP contribution in [-0.4, -0.2) is 24.9 Å². The van der Waals surface area contributed by atoms with Gasteiger partial charge < -0.3 is 5.01 Å². The van der Waals surface area contributed by atoms with Gasteiger partial charge in [0.25, 0.3) is 10.1 Å². The van der Waals surface area contributed by atoms with Gasteiger partial charge in [-0.05, 0) is 44.2 Å². The van der Waals surface area contributed by atoms with E-state index in [2.05, 4.69) is 0 Å². The molecule has 0 radical (unpaired) electrons. The van der Waals surface area contributed by atoms with Crippen molar-refractivity contribution in [1.29, 1.82) is 0 Å². The molecule has 1 aliphatic heterocycles. The summed E-state index contributed by atoms with van der Waals surface area (Å²) >= 11 is 1.44. The van der Waals surface area contributed by atoms with Gasteiger partial charge in [-0.15, -0.1) is 11.8 Å². The van der Waals surface area contributed by atoms with Crippen LogP contribution in [0, 0.1) is 20.8 Å². The molecule has 21 heavy (non-hydrogen) atoms. The topological polar surface area (TPSA) is 72.6 Å². The third-order valence-electron chi connectivity index (χ3n) is 3.28. The standard InChI is InChI=1S/C14H20N2O3S2/c1-9-7-10(2)13(11(3)8-9)21(17,18)19-12(4)14-16(15)5-6-20-14/h5-8,12,14H,15H2,1-4H3. The van der Waals surface area contributed by atoms with Gasteiger partial charge in [-0.2, -0.15) is 8.42 Å². The fourth-order valence-corrected chi connectivity index (χ4v) is 4.99. The Morgan fingerprint density at radius 2 is 1.86 bits per heavy atom. The largest absolute Gasteiger partial charge is 0.302 e. The Hall–Kier alpha value is -1.02. The normalized spacial score (nSPS) is 20.0. The average molecular weight is 328 g/mol. The van der Waals surface area contributed by atoms with Crippen LogP contribution in [-0.2, 0) is 14.3 Å². The Kier molecular flexibility index (Phi) is 4.67. The van der Waals surface area contributed by atoms with Crippen LogP contribution >= 0.6 is 11.8 Å². The van der Waals surface area contributed by atoms with Crippen LogP contribution in [0.1, 0.15) is 23.6 Å². The second kappa shape index (κ2) is 6.00. The van der Waals surface area contributed by atoms with Gasteiger partial charge in [0.1, 0.15) is 11.5 Å². The lowest BCUT2D eigenvalue weighted by atomic mass is 10.1. The third-order valence-corrected chi connectivity index (χ3v) is 6.16. The molecule has 1 aliphatic rings. The Labute approximate surface area is 130 Å². The van der Waals surface area contributed by atoms with E-state index in [0.29, 0.717) is 11.1 Å². The molecule has 2 N–H and O–H groups in total. The maximum absolute atomic E-state index is 12.5. The van der Waals surface area contributed by atoms with E-state index in [0.717, 1.165) is 5.56 Å². The molecular weight excluding hydrogens is 308 g/mol. The highest BCUT2D eigenvalue weighted by Crippen LogP contribution is 2.30. The minimum atomic E-state index is -3.82. The number of nitrogens with zero attached hydrogens (tertiary/aromatic N) is 1. The smallest absolute Gasteiger partial charge is 0.297 e. The van der Waals surface area contributed by atoms with E-state index in [1.54, 1.807) is 27.0 Å². The molecule has 116 valence electrons. The molecule has 2 rings (SSSR count). The molecule has 1 aromatic rings. The molecule has 2 unspecified atom stereocenters. The van der Waals surface area contributed by atoms with Crippen molar-refractivity contribution in [2.45, 2.75) is 44.1 Å². The SMILES string of the molecule is Cc1cc(C)c(S(=O)(=O)OC(C)C2SC=CN2N)c(C)c1. The second-order valence-corrected chi connectivity index (χ2v) is 7.78. The van der Waals surface area contributed by atoms with E-state index < -0.39 is 16.2 Å². The van der Waals surface area contributed by atoms with Crippen LogP contribution in [0.3, 0.4) is 0 Å². The summed E-state index contributed by atoms with van der Waals surface area (Å²) in [7, 11) is -3.82. The summed E-state index contributed by atoms with van der Waals surface area (Å²) in [6, 6.07) is 3.68. The van der Waals surface area contributed by atoms with Gasteiger partial charge in [-0.1, -0.05) is 17.7 Å². The van der Waals surface area contributed by atoms with Crippen molar-refractivity contribution in [3.05, 3.63) is 40.4 Å². The zero-order chi connectivity index (χ0) is 15.8. The van der Waals surface area contributed by atoms with Crippen LogP contribution in [0.4, 0.5) is 0 Å². The first-order valence-corrected chi connectivity index (χ1v) is 8.94. The summed E-state index contributed by atoms with van der Waals surface area (Å²) in [6.45, 7) is 7.21. The maximum Gasteiger partial charge on any atom is 0.297 e. The van der Waals surface area contributed by atoms with Gasteiger partial charge >= 0.3 is 0 Å². The molecule has 7 heteroatoms. The first-order chi connectivity index (χ1) is 9.72. The average Bonchev–Trinajstić information content (AvgIpc) is 2.72. The molecule has 2 atom stereocenters. The number of aryl methyl sites for hydroxylation is 3. The van der Waals surface area contributed by atoms with E-state index in [1.807, 2.05) is 24.5 Å². The molecule has 0 fully saturated rings. The summed E-state index contributed by atoms with van der Waals surface area (Å²) in [4.78, 5) is 0.250. The van der Waals surface area contributed by atoms with Crippen molar-refractivity contribution in [3.63, 3.8) is 0 Å². The third kappa shape index (κ3) is 3.42. The van der Waals surface area contributed by atoms with Crippen molar-refractivity contribution in [2.24, 2.45) is 5.84 Å². The lowest BCUT2D eigenvalue weighted by Gasteiger charge is -2.25. The number of rotatable bonds is 4. The number of hydrazine groups is 1. The van der Waals surface area contributed by atoms with Gasteiger partial charge in [0.2, 0.25) is 0 Å². The van der Waals surface area contributed by atoms with Crippen LogP contribution in [0.2, 0.25) is 0 Å². The van der Waals surface area contributed by atoms with Crippen molar-refractivity contribution in [2.75, 3.05) is 0 Å². The molecular formula is C14H20N2O3S2. The first kappa shape index (κ1) is 16.4. The number of hydrogen-bond acceptors (Lipinski definition) is 6. The van der Waals surface area contributed by atoms with Crippen molar-refractivity contribution < 1.29 is 12.6 Å². The lowest BCUT2D eigenvalue weighted by molar-refractivity contribution is 0.165. The molecule has 5 nitrogen and oxygen atoms in total. The van der Waals surface area contributed by atoms with Crippen molar-refractivity contribution >= 4 is 21.9 Å². The van der Waals surface area contributed by atoms with Crippen LogP contribution in [0.25, 0.3) is 0 Å². The fraction of sp³-hybridized carbons (Fsp3) is 0.429. The summed E-state index contributed by atoms with van der Waals surface area (Å²) < 4.78 is 30.5. The molecule has 0 saturated carbocycles. The predicted molar refractivity (Wildman–Crippen MR) is 84.9 cm³/mol.